The quantitative estimate of drug-likeness (QED) is 0.512. The molecular weight excluding hydrogens is 406 g/mol. The molecule has 1 aromatic carbocycles. The van der Waals surface area contributed by atoms with Gasteiger partial charge in [-0.15, -0.1) is 0 Å². The highest BCUT2D eigenvalue weighted by Crippen LogP contribution is 2.61. The fraction of sp³-hybridized carbons (Fsp3) is 0.733. The van der Waals surface area contributed by atoms with E-state index in [4.69, 9.17) is 0 Å². The van der Waals surface area contributed by atoms with Gasteiger partial charge in [-0.3, -0.25) is 9.59 Å². The first-order chi connectivity index (χ1) is 16.0. The van der Waals surface area contributed by atoms with E-state index in [1.54, 1.807) is 0 Å². The van der Waals surface area contributed by atoms with Crippen molar-refractivity contribution in [1.29, 1.82) is 0 Å². The number of benzene rings is 1. The standard InChI is InChI=1S/C30H39NO2/c32-27(29-12-20-6-21(13-29)8-22(7-20)14-29)18-31(26-4-2-1-3-5-26)19-28(33)30-15-23-9-24(16-30)11-25(10-23)17-30/h1-5,20-25H,6-19H2. The Bertz CT molecular complexity index is 821. The van der Waals surface area contributed by atoms with Crippen LogP contribution in [0.25, 0.3) is 0 Å². The zero-order chi connectivity index (χ0) is 22.2. The van der Waals surface area contributed by atoms with Crippen molar-refractivity contribution < 1.29 is 9.59 Å². The maximum absolute atomic E-state index is 14.0. The van der Waals surface area contributed by atoms with E-state index in [0.717, 1.165) is 79.7 Å². The van der Waals surface area contributed by atoms with Gasteiger partial charge in [0.1, 0.15) is 0 Å². The fourth-order valence-electron chi connectivity index (χ4n) is 10.5. The van der Waals surface area contributed by atoms with Crippen LogP contribution in [0.4, 0.5) is 5.69 Å². The Hall–Kier alpha value is -1.64. The van der Waals surface area contributed by atoms with Crippen LogP contribution in [0, 0.1) is 46.3 Å². The first-order valence-electron chi connectivity index (χ1n) is 13.9. The maximum atomic E-state index is 14.0. The zero-order valence-electron chi connectivity index (χ0n) is 20.0. The minimum Gasteiger partial charge on any atom is -0.357 e. The molecule has 0 saturated heterocycles. The molecule has 0 unspecified atom stereocenters. The highest BCUT2D eigenvalue weighted by atomic mass is 16.1. The molecule has 0 atom stereocenters. The molecule has 3 nitrogen and oxygen atoms in total. The lowest BCUT2D eigenvalue weighted by Crippen LogP contribution is -2.55. The molecular formula is C30H39NO2. The van der Waals surface area contributed by atoms with Crippen LogP contribution >= 0.6 is 0 Å². The van der Waals surface area contributed by atoms with Gasteiger partial charge < -0.3 is 4.90 Å². The van der Waals surface area contributed by atoms with Crippen LogP contribution in [0.5, 0.6) is 0 Å². The number of nitrogens with zero attached hydrogens (tertiary/aromatic N) is 1. The third-order valence-corrected chi connectivity index (χ3v) is 11.0. The van der Waals surface area contributed by atoms with Crippen LogP contribution in [-0.2, 0) is 9.59 Å². The Balaban J connectivity index is 1.13. The molecule has 1 aromatic rings. The number of ketones is 2. The van der Waals surface area contributed by atoms with E-state index >= 15 is 0 Å². The zero-order valence-corrected chi connectivity index (χ0v) is 20.0. The maximum Gasteiger partial charge on any atom is 0.158 e. The molecule has 0 spiro atoms. The Morgan fingerprint density at radius 2 is 0.939 bits per heavy atom. The number of hydrogen-bond donors (Lipinski definition) is 0. The second-order valence-corrected chi connectivity index (χ2v) is 13.4. The molecule has 8 saturated carbocycles. The van der Waals surface area contributed by atoms with Gasteiger partial charge in [0, 0.05) is 16.5 Å². The van der Waals surface area contributed by atoms with Crippen LogP contribution < -0.4 is 4.90 Å². The van der Waals surface area contributed by atoms with Crippen molar-refractivity contribution in [3.8, 4) is 0 Å². The van der Waals surface area contributed by atoms with Gasteiger partial charge in [0.25, 0.3) is 0 Å². The predicted octanol–water partition coefficient (Wildman–Crippen LogP) is 6.06. The van der Waals surface area contributed by atoms with Crippen LogP contribution in [0.15, 0.2) is 30.3 Å². The van der Waals surface area contributed by atoms with Crippen molar-refractivity contribution in [2.75, 3.05) is 18.0 Å². The average Bonchev–Trinajstić information content (AvgIpc) is 2.77. The van der Waals surface area contributed by atoms with Crippen molar-refractivity contribution in [2.45, 2.75) is 77.0 Å². The molecule has 8 fully saturated rings. The SMILES string of the molecule is O=C(CN(CC(=O)C12CC3CC(CC(C3)C1)C2)c1ccccc1)C12CC3CC(CC(C3)C1)C2. The van der Waals surface area contributed by atoms with Crippen molar-refractivity contribution in [3.05, 3.63) is 30.3 Å². The van der Waals surface area contributed by atoms with Gasteiger partial charge in [0.05, 0.1) is 13.1 Å². The number of rotatable bonds is 7. The molecule has 0 amide bonds. The molecule has 9 rings (SSSR count). The third-order valence-electron chi connectivity index (χ3n) is 11.0. The number of carbonyl (C=O) groups is 2. The summed E-state index contributed by atoms with van der Waals surface area (Å²) >= 11 is 0. The van der Waals surface area contributed by atoms with Gasteiger partial charge in [-0.1, -0.05) is 18.2 Å². The van der Waals surface area contributed by atoms with Gasteiger partial charge in [-0.2, -0.15) is 0 Å². The lowest BCUT2D eigenvalue weighted by atomic mass is 9.48. The second-order valence-electron chi connectivity index (χ2n) is 13.4. The molecule has 8 aliphatic carbocycles. The first-order valence-corrected chi connectivity index (χ1v) is 13.9. The van der Waals surface area contributed by atoms with E-state index in [2.05, 4.69) is 17.0 Å². The van der Waals surface area contributed by atoms with Crippen LogP contribution in [0.1, 0.15) is 77.0 Å². The Morgan fingerprint density at radius 3 is 1.27 bits per heavy atom. The highest BCUT2D eigenvalue weighted by Gasteiger charge is 2.56. The Kier molecular flexibility index (Phi) is 4.66. The molecule has 33 heavy (non-hydrogen) atoms. The summed E-state index contributed by atoms with van der Waals surface area (Å²) in [6, 6.07) is 10.3. The molecule has 0 aromatic heterocycles. The van der Waals surface area contributed by atoms with Gasteiger partial charge >= 0.3 is 0 Å². The topological polar surface area (TPSA) is 37.4 Å². The summed E-state index contributed by atoms with van der Waals surface area (Å²) in [6.07, 6.45) is 14.9. The third kappa shape index (κ3) is 3.43. The molecule has 8 aliphatic rings. The average molecular weight is 446 g/mol. The molecule has 176 valence electrons. The molecule has 0 heterocycles. The summed E-state index contributed by atoms with van der Waals surface area (Å²) in [5.41, 5.74) is 0.866. The number of Topliss-reactive ketones (excluding diaryl/α,β-unsaturated/α-hetero) is 2. The largest absolute Gasteiger partial charge is 0.357 e. The van der Waals surface area contributed by atoms with E-state index in [1.165, 1.54) is 38.5 Å². The van der Waals surface area contributed by atoms with Crippen molar-refractivity contribution in [3.63, 3.8) is 0 Å². The van der Waals surface area contributed by atoms with Gasteiger partial charge in [0.2, 0.25) is 0 Å². The van der Waals surface area contributed by atoms with Crippen LogP contribution in [0.2, 0.25) is 0 Å². The Morgan fingerprint density at radius 1 is 0.606 bits per heavy atom. The normalized spacial score (nSPS) is 44.2. The summed E-state index contributed by atoms with van der Waals surface area (Å²) in [4.78, 5) is 30.1. The summed E-state index contributed by atoms with van der Waals surface area (Å²) in [5, 5.41) is 0. The van der Waals surface area contributed by atoms with Gasteiger partial charge in [0.15, 0.2) is 11.6 Å². The summed E-state index contributed by atoms with van der Waals surface area (Å²) in [7, 11) is 0. The molecule has 8 bridgehead atoms. The molecule has 3 heteroatoms. The number of hydrogen-bond acceptors (Lipinski definition) is 3. The predicted molar refractivity (Wildman–Crippen MR) is 130 cm³/mol. The number of anilines is 1. The summed E-state index contributed by atoms with van der Waals surface area (Å²) < 4.78 is 0. The minimum atomic E-state index is -0.0918. The van der Waals surface area contributed by atoms with E-state index in [0.29, 0.717) is 24.7 Å². The summed E-state index contributed by atoms with van der Waals surface area (Å²) in [6.45, 7) is 0.850. The van der Waals surface area contributed by atoms with E-state index < -0.39 is 0 Å². The molecule has 0 aliphatic heterocycles. The molecule has 0 N–H and O–H groups in total. The monoisotopic (exact) mass is 445 g/mol. The smallest absolute Gasteiger partial charge is 0.158 e. The number of carbonyl (C=O) groups excluding carboxylic acids is 2. The van der Waals surface area contributed by atoms with Gasteiger partial charge in [-0.05, 0) is 125 Å². The second kappa shape index (κ2) is 7.43. The molecule has 0 radical (unpaired) electrons. The van der Waals surface area contributed by atoms with E-state index in [1.807, 2.05) is 18.2 Å². The highest BCUT2D eigenvalue weighted by molar-refractivity contribution is 5.94. The Labute approximate surface area is 198 Å². The van der Waals surface area contributed by atoms with Crippen molar-refractivity contribution >= 4 is 17.3 Å². The van der Waals surface area contributed by atoms with Crippen molar-refractivity contribution in [2.24, 2.45) is 46.3 Å². The van der Waals surface area contributed by atoms with Crippen LogP contribution in [-0.4, -0.2) is 24.7 Å². The van der Waals surface area contributed by atoms with E-state index in [9.17, 15) is 9.59 Å². The van der Waals surface area contributed by atoms with E-state index in [-0.39, 0.29) is 10.8 Å². The minimum absolute atomic E-state index is 0.0918. The summed E-state index contributed by atoms with van der Waals surface area (Å²) in [5.74, 6) is 5.53. The van der Waals surface area contributed by atoms with Crippen molar-refractivity contribution in [1.82, 2.24) is 0 Å². The lowest BCUT2D eigenvalue weighted by molar-refractivity contribution is -0.143. The lowest BCUT2D eigenvalue weighted by Gasteiger charge is -2.56. The van der Waals surface area contributed by atoms with Crippen LogP contribution in [0.3, 0.4) is 0 Å². The van der Waals surface area contributed by atoms with Gasteiger partial charge in [-0.25, -0.2) is 0 Å². The number of para-hydroxylation sites is 1. The first kappa shape index (κ1) is 20.7. The fourth-order valence-corrected chi connectivity index (χ4v) is 10.5.